The summed E-state index contributed by atoms with van der Waals surface area (Å²) in [4.78, 5) is 10.8. The van der Waals surface area contributed by atoms with Gasteiger partial charge in [0.25, 0.3) is 5.91 Å². The van der Waals surface area contributed by atoms with Crippen LogP contribution in [0.2, 0.25) is 0 Å². The highest BCUT2D eigenvalue weighted by atomic mass is 127. The molecule has 1 heterocycles. The van der Waals surface area contributed by atoms with Crippen LogP contribution in [0.1, 0.15) is 6.92 Å². The summed E-state index contributed by atoms with van der Waals surface area (Å²) in [5.74, 6) is 0.0642. The van der Waals surface area contributed by atoms with Gasteiger partial charge < -0.3 is 4.74 Å². The number of rotatable bonds is 0. The van der Waals surface area contributed by atoms with Crippen molar-refractivity contribution < 1.29 is 9.53 Å². The zero-order valence-electron chi connectivity index (χ0n) is 5.13. The molecule has 0 aromatic carbocycles. The summed E-state index contributed by atoms with van der Waals surface area (Å²) in [6.07, 6.45) is 0. The van der Waals surface area contributed by atoms with Gasteiger partial charge in [-0.05, 0) is 6.92 Å². The minimum Gasteiger partial charge on any atom is -0.369 e. The molecule has 0 aromatic heterocycles. The Labute approximate surface area is 67.8 Å². The van der Waals surface area contributed by atoms with Gasteiger partial charge in [0, 0.05) is 0 Å². The molecule has 0 bridgehead atoms. The number of carbonyl (C=O) groups excluding carboxylic acids is 1. The molecule has 3 nitrogen and oxygen atoms in total. The average Bonchev–Trinajstić information content (AvgIpc) is 1.83. The molecule has 0 radical (unpaired) electrons. The van der Waals surface area contributed by atoms with Crippen LogP contribution in [0.5, 0.6) is 0 Å². The normalized spacial score (nSPS) is 28.9. The van der Waals surface area contributed by atoms with Crippen LogP contribution in [0.15, 0.2) is 0 Å². The summed E-state index contributed by atoms with van der Waals surface area (Å²) in [6, 6.07) is 0.229. The van der Waals surface area contributed by atoms with Gasteiger partial charge in [-0.2, -0.15) is 0 Å². The van der Waals surface area contributed by atoms with Gasteiger partial charge in [0.2, 0.25) is 0 Å². The molecule has 1 atom stereocenters. The number of carbonyl (C=O) groups is 1. The van der Waals surface area contributed by atoms with Crippen LogP contribution in [0.3, 0.4) is 0 Å². The van der Waals surface area contributed by atoms with Gasteiger partial charge in [0.1, 0.15) is 6.61 Å². The van der Waals surface area contributed by atoms with Crippen molar-refractivity contribution in [3.8, 4) is 0 Å². The van der Waals surface area contributed by atoms with E-state index in [0.717, 1.165) is 0 Å². The van der Waals surface area contributed by atoms with E-state index in [-0.39, 0.29) is 18.6 Å². The van der Waals surface area contributed by atoms with Crippen LogP contribution in [-0.4, -0.2) is 28.3 Å². The highest BCUT2D eigenvalue weighted by Crippen LogP contribution is 2.11. The molecule has 9 heavy (non-hydrogen) atoms. The molecule has 0 saturated carbocycles. The smallest absolute Gasteiger partial charge is 0.257 e. The number of amides is 1. The molecule has 0 spiro atoms. The van der Waals surface area contributed by atoms with Crippen LogP contribution in [-0.2, 0) is 9.53 Å². The first kappa shape index (κ1) is 7.27. The quantitative estimate of drug-likeness (QED) is 0.458. The van der Waals surface area contributed by atoms with Crippen molar-refractivity contribution in [3.63, 3.8) is 0 Å². The first-order valence-corrected chi connectivity index (χ1v) is 3.74. The molecular weight excluding hydrogens is 233 g/mol. The minimum atomic E-state index is 0.0642. The first-order valence-electron chi connectivity index (χ1n) is 2.77. The lowest BCUT2D eigenvalue weighted by atomic mass is 10.3. The van der Waals surface area contributed by atoms with Gasteiger partial charge in [0.15, 0.2) is 0 Å². The van der Waals surface area contributed by atoms with Crippen molar-refractivity contribution in [2.75, 3.05) is 13.2 Å². The van der Waals surface area contributed by atoms with E-state index in [4.69, 9.17) is 4.74 Å². The average molecular weight is 241 g/mol. The van der Waals surface area contributed by atoms with Crippen molar-refractivity contribution in [2.45, 2.75) is 13.0 Å². The molecule has 4 heteroatoms. The second-order valence-corrected chi connectivity index (χ2v) is 3.11. The Balaban J connectivity index is 2.51. The molecule has 52 valence electrons. The van der Waals surface area contributed by atoms with E-state index in [1.54, 1.807) is 3.11 Å². The summed E-state index contributed by atoms with van der Waals surface area (Å²) < 4.78 is 6.65. The lowest BCUT2D eigenvalue weighted by Crippen LogP contribution is -2.41. The maximum atomic E-state index is 10.8. The third kappa shape index (κ3) is 1.54. The highest BCUT2D eigenvalue weighted by Gasteiger charge is 2.22. The van der Waals surface area contributed by atoms with Crippen LogP contribution < -0.4 is 0 Å². The van der Waals surface area contributed by atoms with Crippen LogP contribution in [0.25, 0.3) is 0 Å². The molecule has 0 aromatic rings. The third-order valence-electron chi connectivity index (χ3n) is 1.21. The molecule has 1 unspecified atom stereocenters. The van der Waals surface area contributed by atoms with Crippen LogP contribution >= 0.6 is 22.9 Å². The lowest BCUT2D eigenvalue weighted by molar-refractivity contribution is -0.137. The number of morpholine rings is 1. The van der Waals surface area contributed by atoms with Crippen LogP contribution in [0.4, 0.5) is 0 Å². The van der Waals surface area contributed by atoms with E-state index in [1.807, 2.05) is 29.8 Å². The van der Waals surface area contributed by atoms with Gasteiger partial charge >= 0.3 is 0 Å². The zero-order chi connectivity index (χ0) is 6.85. The number of nitrogens with zero attached hydrogens (tertiary/aromatic N) is 1. The lowest BCUT2D eigenvalue weighted by Gasteiger charge is -2.26. The van der Waals surface area contributed by atoms with Gasteiger partial charge in [-0.3, -0.25) is 7.91 Å². The van der Waals surface area contributed by atoms with Crippen molar-refractivity contribution in [2.24, 2.45) is 0 Å². The summed E-state index contributed by atoms with van der Waals surface area (Å²) in [6.45, 7) is 2.87. The van der Waals surface area contributed by atoms with Crippen molar-refractivity contribution in [3.05, 3.63) is 0 Å². The minimum absolute atomic E-state index is 0.0642. The Morgan fingerprint density at radius 1 is 1.89 bits per heavy atom. The van der Waals surface area contributed by atoms with E-state index < -0.39 is 0 Å². The van der Waals surface area contributed by atoms with E-state index in [0.29, 0.717) is 6.61 Å². The number of hydrogen-bond donors (Lipinski definition) is 0. The molecule has 1 rings (SSSR count). The van der Waals surface area contributed by atoms with Gasteiger partial charge in [-0.1, -0.05) is 0 Å². The fourth-order valence-electron chi connectivity index (χ4n) is 0.690. The maximum Gasteiger partial charge on any atom is 0.257 e. The Kier molecular flexibility index (Phi) is 2.29. The molecule has 0 aliphatic carbocycles. The molecular formula is C5H8INO2. The molecule has 1 aliphatic heterocycles. The van der Waals surface area contributed by atoms with Gasteiger partial charge in [-0.15, -0.1) is 0 Å². The summed E-state index contributed by atoms with van der Waals surface area (Å²) in [7, 11) is 0. The molecule has 0 N–H and O–H groups in total. The Hall–Kier alpha value is 0.160. The van der Waals surface area contributed by atoms with Gasteiger partial charge in [0.05, 0.1) is 35.5 Å². The summed E-state index contributed by atoms with van der Waals surface area (Å²) in [5.41, 5.74) is 0. The Bertz CT molecular complexity index is 128. The second kappa shape index (κ2) is 2.83. The maximum absolute atomic E-state index is 10.8. The Morgan fingerprint density at radius 3 is 3.00 bits per heavy atom. The van der Waals surface area contributed by atoms with Crippen molar-refractivity contribution >= 4 is 28.8 Å². The number of ether oxygens (including phenoxy) is 1. The monoisotopic (exact) mass is 241 g/mol. The molecule has 1 aliphatic rings. The SMILES string of the molecule is CC1COCC(=O)N1I. The van der Waals surface area contributed by atoms with E-state index in [9.17, 15) is 4.79 Å². The molecule has 1 amide bonds. The third-order valence-corrected chi connectivity index (χ3v) is 2.70. The van der Waals surface area contributed by atoms with E-state index in [1.165, 1.54) is 0 Å². The van der Waals surface area contributed by atoms with Crippen molar-refractivity contribution in [1.82, 2.24) is 3.11 Å². The van der Waals surface area contributed by atoms with Gasteiger partial charge in [-0.25, -0.2) is 0 Å². The fourth-order valence-corrected chi connectivity index (χ4v) is 0.990. The topological polar surface area (TPSA) is 29.5 Å². The summed E-state index contributed by atoms with van der Waals surface area (Å²) in [5, 5.41) is 0. The van der Waals surface area contributed by atoms with Crippen molar-refractivity contribution in [1.29, 1.82) is 0 Å². The largest absolute Gasteiger partial charge is 0.369 e. The van der Waals surface area contributed by atoms with E-state index in [2.05, 4.69) is 0 Å². The second-order valence-electron chi connectivity index (χ2n) is 2.07. The predicted octanol–water partition coefficient (Wildman–Crippen LogP) is 0.584. The van der Waals surface area contributed by atoms with Crippen LogP contribution in [0, 0.1) is 0 Å². The highest BCUT2D eigenvalue weighted by molar-refractivity contribution is 14.1. The van der Waals surface area contributed by atoms with E-state index >= 15 is 0 Å². The summed E-state index contributed by atoms with van der Waals surface area (Å²) >= 11 is 2.01. The first-order chi connectivity index (χ1) is 4.22. The number of halogens is 1. The number of hydrogen-bond acceptors (Lipinski definition) is 2. The standard InChI is InChI=1S/C5H8INO2/c1-4-2-9-3-5(8)7(4)6/h4H,2-3H2,1H3. The molecule has 1 saturated heterocycles. The Morgan fingerprint density at radius 2 is 2.56 bits per heavy atom. The molecule has 1 fully saturated rings. The fraction of sp³-hybridized carbons (Fsp3) is 0.800. The zero-order valence-corrected chi connectivity index (χ0v) is 7.29. The predicted molar refractivity (Wildman–Crippen MR) is 41.1 cm³/mol.